The predicted octanol–water partition coefficient (Wildman–Crippen LogP) is 0.607. The molecule has 1 amide bonds. The number of H-pyrrole nitrogens is 1. The lowest BCUT2D eigenvalue weighted by Crippen LogP contribution is -2.46. The van der Waals surface area contributed by atoms with Crippen molar-refractivity contribution in [1.82, 2.24) is 25.6 Å². The van der Waals surface area contributed by atoms with Gasteiger partial charge in [-0.3, -0.25) is 9.89 Å². The Morgan fingerprint density at radius 1 is 1.52 bits per heavy atom. The van der Waals surface area contributed by atoms with Crippen molar-refractivity contribution in [2.75, 3.05) is 13.1 Å². The predicted molar refractivity (Wildman–Crippen MR) is 78.5 cm³/mol. The number of nitrogens with one attached hydrogen (secondary N) is 2. The van der Waals surface area contributed by atoms with Crippen molar-refractivity contribution in [3.05, 3.63) is 11.9 Å². The summed E-state index contributed by atoms with van der Waals surface area (Å²) in [7, 11) is 0. The van der Waals surface area contributed by atoms with E-state index in [2.05, 4.69) is 39.5 Å². The number of likely N-dealkylation sites (tertiary alicyclic amines) is 1. The van der Waals surface area contributed by atoms with Crippen LogP contribution in [0.15, 0.2) is 6.20 Å². The van der Waals surface area contributed by atoms with Crippen LogP contribution in [0.5, 0.6) is 0 Å². The zero-order valence-corrected chi connectivity index (χ0v) is 12.7. The van der Waals surface area contributed by atoms with Gasteiger partial charge in [0, 0.05) is 37.8 Å². The highest BCUT2D eigenvalue weighted by Gasteiger charge is 2.22. The molecule has 118 valence electrons. The Bertz CT molecular complexity index is 427. The van der Waals surface area contributed by atoms with Gasteiger partial charge in [0.1, 0.15) is 5.69 Å². The van der Waals surface area contributed by atoms with E-state index >= 15 is 0 Å². The molecule has 1 aromatic rings. The lowest BCUT2D eigenvalue weighted by atomic mass is 10.0. The van der Waals surface area contributed by atoms with E-state index in [1.165, 1.54) is 0 Å². The first-order valence-electron chi connectivity index (χ1n) is 7.64. The van der Waals surface area contributed by atoms with Crippen molar-refractivity contribution in [3.8, 4) is 0 Å². The standard InChI is InChI=1S/C14H25N5O2/c1-10(2)19-7-5-11(6-8-19)16-14(21)4-3-13(20)12-9-15-18-17-12/h9-11,13,20H,3-8H2,1-2H3,(H,16,21)(H,15,17,18). The maximum atomic E-state index is 11.9. The fourth-order valence-corrected chi connectivity index (χ4v) is 2.65. The van der Waals surface area contributed by atoms with Crippen LogP contribution < -0.4 is 5.32 Å². The number of nitrogens with zero attached hydrogens (tertiary/aromatic N) is 3. The molecular weight excluding hydrogens is 270 g/mol. The zero-order chi connectivity index (χ0) is 15.2. The molecule has 1 aromatic heterocycles. The summed E-state index contributed by atoms with van der Waals surface area (Å²) in [5, 5.41) is 22.7. The number of carbonyl (C=O) groups excluding carboxylic acids is 1. The van der Waals surface area contributed by atoms with Gasteiger partial charge in [0.15, 0.2) is 0 Å². The average molecular weight is 295 g/mol. The lowest BCUT2D eigenvalue weighted by molar-refractivity contribution is -0.122. The smallest absolute Gasteiger partial charge is 0.220 e. The highest BCUT2D eigenvalue weighted by atomic mass is 16.3. The fourth-order valence-electron chi connectivity index (χ4n) is 2.65. The second-order valence-electron chi connectivity index (χ2n) is 5.92. The Balaban J connectivity index is 1.66. The Labute approximate surface area is 125 Å². The number of aromatic amines is 1. The molecule has 0 aromatic carbocycles. The summed E-state index contributed by atoms with van der Waals surface area (Å²) in [6, 6.07) is 0.830. The van der Waals surface area contributed by atoms with E-state index in [0.717, 1.165) is 25.9 Å². The SMILES string of the molecule is CC(C)N1CCC(NC(=O)CCC(O)c2c[nH]nn2)CC1. The van der Waals surface area contributed by atoms with Crippen LogP contribution in [-0.4, -0.2) is 56.5 Å². The van der Waals surface area contributed by atoms with Crippen molar-refractivity contribution >= 4 is 5.91 Å². The molecule has 1 aliphatic rings. The summed E-state index contributed by atoms with van der Waals surface area (Å²) in [5.41, 5.74) is 0.480. The van der Waals surface area contributed by atoms with Crippen LogP contribution >= 0.6 is 0 Å². The molecule has 7 heteroatoms. The lowest BCUT2D eigenvalue weighted by Gasteiger charge is -2.34. The molecule has 7 nitrogen and oxygen atoms in total. The summed E-state index contributed by atoms with van der Waals surface area (Å²) >= 11 is 0. The van der Waals surface area contributed by atoms with Gasteiger partial charge in [-0.15, -0.1) is 5.10 Å². The van der Waals surface area contributed by atoms with Gasteiger partial charge >= 0.3 is 0 Å². The van der Waals surface area contributed by atoms with E-state index in [1.807, 2.05) is 0 Å². The highest BCUT2D eigenvalue weighted by Crippen LogP contribution is 2.16. The summed E-state index contributed by atoms with van der Waals surface area (Å²) in [4.78, 5) is 14.3. The average Bonchev–Trinajstić information content (AvgIpc) is 2.99. The molecule has 1 atom stereocenters. The maximum absolute atomic E-state index is 11.9. The van der Waals surface area contributed by atoms with E-state index < -0.39 is 6.10 Å². The number of aliphatic hydroxyl groups is 1. The third-order valence-corrected chi connectivity index (χ3v) is 4.05. The van der Waals surface area contributed by atoms with Crippen LogP contribution in [0.25, 0.3) is 0 Å². The number of rotatable bonds is 6. The number of aromatic nitrogens is 3. The minimum Gasteiger partial charge on any atom is -0.387 e. The van der Waals surface area contributed by atoms with Gasteiger partial charge in [0.2, 0.25) is 5.91 Å². The van der Waals surface area contributed by atoms with E-state index in [0.29, 0.717) is 24.6 Å². The fraction of sp³-hybridized carbons (Fsp3) is 0.786. The maximum Gasteiger partial charge on any atom is 0.220 e. The van der Waals surface area contributed by atoms with Crippen molar-refractivity contribution in [3.63, 3.8) is 0 Å². The topological polar surface area (TPSA) is 94.1 Å². The Kier molecular flexibility index (Phi) is 5.69. The third kappa shape index (κ3) is 4.78. The van der Waals surface area contributed by atoms with E-state index in [-0.39, 0.29) is 11.9 Å². The van der Waals surface area contributed by atoms with Gasteiger partial charge in [-0.25, -0.2) is 0 Å². The van der Waals surface area contributed by atoms with Crippen LogP contribution in [0.2, 0.25) is 0 Å². The zero-order valence-electron chi connectivity index (χ0n) is 12.7. The highest BCUT2D eigenvalue weighted by molar-refractivity contribution is 5.76. The van der Waals surface area contributed by atoms with Gasteiger partial charge in [-0.2, -0.15) is 0 Å². The molecule has 1 saturated heterocycles. The van der Waals surface area contributed by atoms with Gasteiger partial charge in [0.25, 0.3) is 0 Å². The number of hydrogen-bond acceptors (Lipinski definition) is 5. The number of carbonyl (C=O) groups is 1. The first-order chi connectivity index (χ1) is 10.1. The monoisotopic (exact) mass is 295 g/mol. The number of hydrogen-bond donors (Lipinski definition) is 3. The van der Waals surface area contributed by atoms with Crippen LogP contribution in [-0.2, 0) is 4.79 Å². The Morgan fingerprint density at radius 2 is 2.24 bits per heavy atom. The molecule has 0 radical (unpaired) electrons. The van der Waals surface area contributed by atoms with Crippen molar-refractivity contribution in [1.29, 1.82) is 0 Å². The normalized spacial score (nSPS) is 18.9. The van der Waals surface area contributed by atoms with Crippen LogP contribution in [0.3, 0.4) is 0 Å². The Morgan fingerprint density at radius 3 is 2.81 bits per heavy atom. The summed E-state index contributed by atoms with van der Waals surface area (Å²) < 4.78 is 0. The summed E-state index contributed by atoms with van der Waals surface area (Å²) in [6.07, 6.45) is 3.47. The minimum atomic E-state index is -0.739. The molecule has 2 rings (SSSR count). The molecule has 1 unspecified atom stereocenters. The first kappa shape index (κ1) is 15.9. The van der Waals surface area contributed by atoms with Crippen molar-refractivity contribution in [2.45, 2.75) is 57.7 Å². The van der Waals surface area contributed by atoms with Crippen LogP contribution in [0.1, 0.15) is 51.3 Å². The largest absolute Gasteiger partial charge is 0.387 e. The van der Waals surface area contributed by atoms with Crippen molar-refractivity contribution < 1.29 is 9.90 Å². The number of aliphatic hydroxyl groups excluding tert-OH is 1. The molecule has 0 bridgehead atoms. The first-order valence-corrected chi connectivity index (χ1v) is 7.64. The second kappa shape index (κ2) is 7.51. The molecule has 1 fully saturated rings. The van der Waals surface area contributed by atoms with Crippen LogP contribution in [0.4, 0.5) is 0 Å². The minimum absolute atomic E-state index is 0.000502. The number of piperidine rings is 1. The van der Waals surface area contributed by atoms with Crippen molar-refractivity contribution in [2.24, 2.45) is 0 Å². The Hall–Kier alpha value is -1.47. The van der Waals surface area contributed by atoms with Gasteiger partial charge in [-0.1, -0.05) is 5.21 Å². The molecule has 0 spiro atoms. The van der Waals surface area contributed by atoms with E-state index in [1.54, 1.807) is 6.20 Å². The number of amides is 1. The molecular formula is C14H25N5O2. The molecule has 21 heavy (non-hydrogen) atoms. The van der Waals surface area contributed by atoms with Crippen LogP contribution in [0, 0.1) is 0 Å². The molecule has 0 aliphatic carbocycles. The molecule has 3 N–H and O–H groups in total. The summed E-state index contributed by atoms with van der Waals surface area (Å²) in [6.45, 7) is 6.46. The molecule has 2 heterocycles. The van der Waals surface area contributed by atoms with E-state index in [9.17, 15) is 9.90 Å². The molecule has 0 saturated carbocycles. The third-order valence-electron chi connectivity index (χ3n) is 4.05. The molecule has 1 aliphatic heterocycles. The van der Waals surface area contributed by atoms with Gasteiger partial charge in [0.05, 0.1) is 6.10 Å². The second-order valence-corrected chi connectivity index (χ2v) is 5.92. The van der Waals surface area contributed by atoms with Gasteiger partial charge < -0.3 is 15.3 Å². The quantitative estimate of drug-likeness (QED) is 0.715. The van der Waals surface area contributed by atoms with E-state index in [4.69, 9.17) is 0 Å². The summed E-state index contributed by atoms with van der Waals surface area (Å²) in [5.74, 6) is 0.000502. The van der Waals surface area contributed by atoms with Gasteiger partial charge in [-0.05, 0) is 33.1 Å².